The number of ether oxygens (including phenoxy) is 1. The third-order valence-corrected chi connectivity index (χ3v) is 4.49. The zero-order valence-electron chi connectivity index (χ0n) is 17.6. The highest BCUT2D eigenvalue weighted by Crippen LogP contribution is 2.35. The van der Waals surface area contributed by atoms with Crippen molar-refractivity contribution in [2.45, 2.75) is 53.4 Å². The number of hydrogen-bond donors (Lipinski definition) is 1. The summed E-state index contributed by atoms with van der Waals surface area (Å²) in [7, 11) is 1.68. The minimum Gasteiger partial charge on any atom is -0.495 e. The molecule has 0 amide bonds. The maximum absolute atomic E-state index is 5.41. The van der Waals surface area contributed by atoms with Gasteiger partial charge < -0.3 is 10.1 Å². The van der Waals surface area contributed by atoms with E-state index in [1.165, 1.54) is 11.1 Å². The molecule has 27 heavy (non-hydrogen) atoms. The van der Waals surface area contributed by atoms with Gasteiger partial charge >= 0.3 is 0 Å². The van der Waals surface area contributed by atoms with E-state index in [4.69, 9.17) is 9.73 Å². The SMILES string of the molecule is COc1ccccc1NC(C)=CC(C)=Nc1c(C(C)C)cccc1C(C)C. The highest BCUT2D eigenvalue weighted by molar-refractivity contribution is 5.96. The van der Waals surface area contributed by atoms with Crippen LogP contribution in [0.5, 0.6) is 5.75 Å². The zero-order valence-corrected chi connectivity index (χ0v) is 17.6. The van der Waals surface area contributed by atoms with Gasteiger partial charge in [-0.3, -0.25) is 4.99 Å². The molecule has 2 aromatic carbocycles. The average Bonchev–Trinajstić information content (AvgIpc) is 2.61. The lowest BCUT2D eigenvalue weighted by Crippen LogP contribution is -2.01. The van der Waals surface area contributed by atoms with Gasteiger partial charge in [-0.1, -0.05) is 58.0 Å². The first-order chi connectivity index (χ1) is 12.8. The van der Waals surface area contributed by atoms with Crippen molar-refractivity contribution in [1.82, 2.24) is 0 Å². The number of anilines is 1. The van der Waals surface area contributed by atoms with E-state index >= 15 is 0 Å². The fourth-order valence-corrected chi connectivity index (χ4v) is 3.16. The molecule has 3 nitrogen and oxygen atoms in total. The second-order valence-corrected chi connectivity index (χ2v) is 7.50. The molecule has 2 rings (SSSR count). The molecular formula is C24H32N2O. The van der Waals surface area contributed by atoms with Crippen LogP contribution in [0.3, 0.4) is 0 Å². The second-order valence-electron chi connectivity index (χ2n) is 7.50. The third-order valence-electron chi connectivity index (χ3n) is 4.49. The number of methoxy groups -OCH3 is 1. The molecule has 0 unspecified atom stereocenters. The molecule has 2 aromatic rings. The van der Waals surface area contributed by atoms with Crippen LogP contribution in [0, 0.1) is 0 Å². The summed E-state index contributed by atoms with van der Waals surface area (Å²) in [6.07, 6.45) is 2.08. The second kappa shape index (κ2) is 9.40. The first kappa shape index (κ1) is 20.8. The van der Waals surface area contributed by atoms with E-state index < -0.39 is 0 Å². The molecule has 0 saturated carbocycles. The van der Waals surface area contributed by atoms with Crippen LogP contribution in [-0.4, -0.2) is 12.8 Å². The Morgan fingerprint density at radius 1 is 0.926 bits per heavy atom. The maximum Gasteiger partial charge on any atom is 0.142 e. The molecule has 0 aliphatic heterocycles. The molecule has 0 aliphatic carbocycles. The van der Waals surface area contributed by atoms with E-state index in [-0.39, 0.29) is 0 Å². The predicted octanol–water partition coefficient (Wildman–Crippen LogP) is 7.05. The van der Waals surface area contributed by atoms with Gasteiger partial charge in [0.25, 0.3) is 0 Å². The Morgan fingerprint density at radius 3 is 2.07 bits per heavy atom. The van der Waals surface area contributed by atoms with Crippen molar-refractivity contribution in [2.75, 3.05) is 12.4 Å². The van der Waals surface area contributed by atoms with Crippen LogP contribution < -0.4 is 10.1 Å². The number of aliphatic imine (C=N–C) groups is 1. The van der Waals surface area contributed by atoms with E-state index in [2.05, 4.69) is 64.2 Å². The number of nitrogens with one attached hydrogen (secondary N) is 1. The predicted molar refractivity (Wildman–Crippen MR) is 118 cm³/mol. The van der Waals surface area contributed by atoms with Crippen molar-refractivity contribution >= 4 is 17.1 Å². The van der Waals surface area contributed by atoms with E-state index in [1.54, 1.807) is 7.11 Å². The number of rotatable bonds is 7. The average molecular weight is 365 g/mol. The Morgan fingerprint density at radius 2 is 1.52 bits per heavy atom. The van der Waals surface area contributed by atoms with Gasteiger partial charge in [0.15, 0.2) is 0 Å². The summed E-state index contributed by atoms with van der Waals surface area (Å²) in [5.41, 5.74) is 6.65. The summed E-state index contributed by atoms with van der Waals surface area (Å²) < 4.78 is 5.41. The van der Waals surface area contributed by atoms with Crippen molar-refractivity contribution in [3.05, 3.63) is 65.4 Å². The van der Waals surface area contributed by atoms with Gasteiger partial charge in [0, 0.05) is 11.4 Å². The van der Waals surface area contributed by atoms with Crippen molar-refractivity contribution < 1.29 is 4.74 Å². The van der Waals surface area contributed by atoms with Crippen molar-refractivity contribution in [2.24, 2.45) is 4.99 Å². The van der Waals surface area contributed by atoms with Gasteiger partial charge in [0.1, 0.15) is 5.75 Å². The van der Waals surface area contributed by atoms with Crippen molar-refractivity contribution in [1.29, 1.82) is 0 Å². The van der Waals surface area contributed by atoms with Crippen LogP contribution in [0.2, 0.25) is 0 Å². The van der Waals surface area contributed by atoms with Gasteiger partial charge in [0.05, 0.1) is 18.5 Å². The Kier molecular flexibility index (Phi) is 7.23. The smallest absolute Gasteiger partial charge is 0.142 e. The van der Waals surface area contributed by atoms with Crippen molar-refractivity contribution in [3.8, 4) is 5.75 Å². The fourth-order valence-electron chi connectivity index (χ4n) is 3.16. The van der Waals surface area contributed by atoms with Gasteiger partial charge in [-0.25, -0.2) is 0 Å². The molecule has 0 fully saturated rings. The van der Waals surface area contributed by atoms with Gasteiger partial charge in [0.2, 0.25) is 0 Å². The molecule has 3 heteroatoms. The molecule has 1 N–H and O–H groups in total. The molecule has 0 spiro atoms. The first-order valence-corrected chi connectivity index (χ1v) is 9.60. The molecule has 0 bridgehead atoms. The van der Waals surface area contributed by atoms with E-state index in [9.17, 15) is 0 Å². The number of para-hydroxylation sites is 3. The summed E-state index contributed by atoms with van der Waals surface area (Å²) in [5, 5.41) is 3.41. The Balaban J connectivity index is 2.35. The summed E-state index contributed by atoms with van der Waals surface area (Å²) in [4.78, 5) is 4.99. The zero-order chi connectivity index (χ0) is 20.0. The largest absolute Gasteiger partial charge is 0.495 e. The van der Waals surface area contributed by atoms with Crippen LogP contribution in [-0.2, 0) is 0 Å². The highest BCUT2D eigenvalue weighted by Gasteiger charge is 2.13. The number of benzene rings is 2. The Hall–Kier alpha value is -2.55. The minimum atomic E-state index is 0.437. The number of allylic oxidation sites excluding steroid dienone is 2. The van der Waals surface area contributed by atoms with Gasteiger partial charge in [-0.15, -0.1) is 0 Å². The lowest BCUT2D eigenvalue weighted by atomic mass is 9.93. The van der Waals surface area contributed by atoms with Gasteiger partial charge in [-0.2, -0.15) is 0 Å². The third kappa shape index (κ3) is 5.46. The van der Waals surface area contributed by atoms with Crippen LogP contribution in [0.1, 0.15) is 64.5 Å². The molecule has 0 aromatic heterocycles. The molecule has 0 atom stereocenters. The minimum absolute atomic E-state index is 0.437. The maximum atomic E-state index is 5.41. The Labute approximate surface area is 164 Å². The molecule has 0 heterocycles. The lowest BCUT2D eigenvalue weighted by molar-refractivity contribution is 0.416. The number of hydrogen-bond acceptors (Lipinski definition) is 3. The highest BCUT2D eigenvalue weighted by atomic mass is 16.5. The molecular weight excluding hydrogens is 332 g/mol. The summed E-state index contributed by atoms with van der Waals surface area (Å²) in [6, 6.07) is 14.4. The fraction of sp³-hybridized carbons (Fsp3) is 0.375. The van der Waals surface area contributed by atoms with E-state index in [0.29, 0.717) is 11.8 Å². The normalized spacial score (nSPS) is 12.6. The van der Waals surface area contributed by atoms with Crippen LogP contribution in [0.4, 0.5) is 11.4 Å². The topological polar surface area (TPSA) is 33.6 Å². The van der Waals surface area contributed by atoms with Gasteiger partial charge in [-0.05, 0) is 55.0 Å². The van der Waals surface area contributed by atoms with Crippen LogP contribution in [0.25, 0.3) is 0 Å². The van der Waals surface area contributed by atoms with Crippen molar-refractivity contribution in [3.63, 3.8) is 0 Å². The summed E-state index contributed by atoms with van der Waals surface area (Å²) >= 11 is 0. The number of nitrogens with zero attached hydrogens (tertiary/aromatic N) is 1. The molecule has 0 saturated heterocycles. The van der Waals surface area contributed by atoms with E-state index in [0.717, 1.165) is 28.5 Å². The monoisotopic (exact) mass is 364 g/mol. The molecule has 144 valence electrons. The summed E-state index contributed by atoms with van der Waals surface area (Å²) in [5.74, 6) is 1.70. The summed E-state index contributed by atoms with van der Waals surface area (Å²) in [6.45, 7) is 13.0. The van der Waals surface area contributed by atoms with Crippen LogP contribution in [0.15, 0.2) is 59.2 Å². The quantitative estimate of drug-likeness (QED) is 0.534. The van der Waals surface area contributed by atoms with E-state index in [1.807, 2.05) is 31.2 Å². The Bertz CT molecular complexity index is 806. The van der Waals surface area contributed by atoms with Crippen LogP contribution >= 0.6 is 0 Å². The first-order valence-electron chi connectivity index (χ1n) is 9.60. The lowest BCUT2D eigenvalue weighted by Gasteiger charge is -2.17. The molecule has 0 aliphatic rings. The standard InChI is InChI=1S/C24H32N2O/c1-16(2)20-11-10-12-21(17(3)4)24(20)26-19(6)15-18(5)25-22-13-8-9-14-23(22)27-7/h8-17,25H,1-7H3. The molecule has 0 radical (unpaired) electrons.